The van der Waals surface area contributed by atoms with Crippen LogP contribution in [0, 0.1) is 0 Å². The lowest BCUT2D eigenvalue weighted by atomic mass is 10.1. The molecule has 1 amide bonds. The van der Waals surface area contributed by atoms with Crippen molar-refractivity contribution >= 4 is 5.91 Å². The molecule has 0 aliphatic heterocycles. The summed E-state index contributed by atoms with van der Waals surface area (Å²) in [5.41, 5.74) is 6.96. The topological polar surface area (TPSA) is 104 Å². The Labute approximate surface area is 153 Å². The van der Waals surface area contributed by atoms with Crippen molar-refractivity contribution in [2.45, 2.75) is 45.8 Å². The summed E-state index contributed by atoms with van der Waals surface area (Å²) in [7, 11) is 3.19. The SMILES string of the molecule is COc1ccc(Cc2nc([C@@H](C)N)n(CC(=O)NC(C)C)n2)cc1OC. The molecule has 0 aliphatic carbocycles. The molecule has 0 spiro atoms. The molecule has 0 aliphatic rings. The molecule has 1 heterocycles. The number of methoxy groups -OCH3 is 2. The van der Waals surface area contributed by atoms with Crippen molar-refractivity contribution < 1.29 is 14.3 Å². The number of nitrogens with two attached hydrogens (primary N) is 1. The predicted molar refractivity (Wildman–Crippen MR) is 98.3 cm³/mol. The fourth-order valence-corrected chi connectivity index (χ4v) is 2.61. The molecular weight excluding hydrogens is 334 g/mol. The van der Waals surface area contributed by atoms with Crippen LogP contribution in [0.4, 0.5) is 0 Å². The van der Waals surface area contributed by atoms with Gasteiger partial charge in [0.1, 0.15) is 12.4 Å². The molecule has 0 saturated carbocycles. The highest BCUT2D eigenvalue weighted by Gasteiger charge is 2.17. The van der Waals surface area contributed by atoms with E-state index in [2.05, 4.69) is 15.4 Å². The maximum atomic E-state index is 12.0. The fourth-order valence-electron chi connectivity index (χ4n) is 2.61. The van der Waals surface area contributed by atoms with Crippen molar-refractivity contribution in [3.8, 4) is 11.5 Å². The van der Waals surface area contributed by atoms with Gasteiger partial charge in [0.2, 0.25) is 5.91 Å². The largest absolute Gasteiger partial charge is 0.493 e. The van der Waals surface area contributed by atoms with Crippen LogP contribution in [-0.2, 0) is 17.8 Å². The van der Waals surface area contributed by atoms with Crippen molar-refractivity contribution in [3.05, 3.63) is 35.4 Å². The molecular formula is C18H27N5O3. The zero-order valence-electron chi connectivity index (χ0n) is 15.9. The van der Waals surface area contributed by atoms with E-state index in [1.54, 1.807) is 18.9 Å². The summed E-state index contributed by atoms with van der Waals surface area (Å²) >= 11 is 0. The van der Waals surface area contributed by atoms with Crippen LogP contribution in [0.5, 0.6) is 11.5 Å². The molecule has 2 rings (SSSR count). The number of aromatic nitrogens is 3. The number of rotatable bonds is 8. The van der Waals surface area contributed by atoms with E-state index < -0.39 is 0 Å². The van der Waals surface area contributed by atoms with Crippen LogP contribution in [0.1, 0.15) is 44.0 Å². The van der Waals surface area contributed by atoms with Crippen molar-refractivity contribution in [1.82, 2.24) is 20.1 Å². The molecule has 1 atom stereocenters. The third kappa shape index (κ3) is 4.95. The first-order valence-electron chi connectivity index (χ1n) is 8.53. The number of carbonyl (C=O) groups is 1. The minimum Gasteiger partial charge on any atom is -0.493 e. The van der Waals surface area contributed by atoms with Crippen LogP contribution in [0.15, 0.2) is 18.2 Å². The number of nitrogens with one attached hydrogen (secondary N) is 1. The van der Waals surface area contributed by atoms with Crippen LogP contribution in [-0.4, -0.2) is 40.9 Å². The van der Waals surface area contributed by atoms with Crippen molar-refractivity contribution in [2.75, 3.05) is 14.2 Å². The minimum absolute atomic E-state index is 0.0657. The Hall–Kier alpha value is -2.61. The van der Waals surface area contributed by atoms with Gasteiger partial charge in [-0.3, -0.25) is 4.79 Å². The standard InChI is InChI=1S/C18H27N5O3/c1-11(2)20-17(24)10-23-18(12(3)19)21-16(22-23)9-13-6-7-14(25-4)15(8-13)26-5/h6-8,11-12H,9-10,19H2,1-5H3,(H,20,24)/t12-/m1/s1. The molecule has 8 heteroatoms. The van der Waals surface area contributed by atoms with Gasteiger partial charge in [0.05, 0.1) is 20.3 Å². The summed E-state index contributed by atoms with van der Waals surface area (Å²) in [6.07, 6.45) is 0.499. The van der Waals surface area contributed by atoms with Crippen molar-refractivity contribution in [1.29, 1.82) is 0 Å². The van der Waals surface area contributed by atoms with Gasteiger partial charge >= 0.3 is 0 Å². The van der Waals surface area contributed by atoms with E-state index in [0.29, 0.717) is 29.6 Å². The van der Waals surface area contributed by atoms with Gasteiger partial charge in [-0.2, -0.15) is 5.10 Å². The number of ether oxygens (including phenoxy) is 2. The first-order valence-corrected chi connectivity index (χ1v) is 8.53. The third-order valence-corrected chi connectivity index (χ3v) is 3.70. The Morgan fingerprint density at radius 3 is 2.50 bits per heavy atom. The van der Waals surface area contributed by atoms with Gasteiger partial charge < -0.3 is 20.5 Å². The van der Waals surface area contributed by atoms with Crippen molar-refractivity contribution in [3.63, 3.8) is 0 Å². The minimum atomic E-state index is -0.325. The highest BCUT2D eigenvalue weighted by molar-refractivity contribution is 5.75. The third-order valence-electron chi connectivity index (χ3n) is 3.70. The van der Waals surface area contributed by atoms with Gasteiger partial charge in [0.15, 0.2) is 17.3 Å². The summed E-state index contributed by atoms with van der Waals surface area (Å²) in [6, 6.07) is 5.40. The Balaban J connectivity index is 2.22. The number of amides is 1. The number of hydrogen-bond donors (Lipinski definition) is 2. The summed E-state index contributed by atoms with van der Waals surface area (Å²) in [5, 5.41) is 7.31. The second-order valence-electron chi connectivity index (χ2n) is 6.42. The summed E-state index contributed by atoms with van der Waals surface area (Å²) in [4.78, 5) is 16.6. The molecule has 1 aromatic carbocycles. The zero-order valence-corrected chi connectivity index (χ0v) is 15.9. The lowest BCUT2D eigenvalue weighted by Crippen LogP contribution is -2.34. The summed E-state index contributed by atoms with van der Waals surface area (Å²) < 4.78 is 12.1. The van der Waals surface area contributed by atoms with E-state index in [4.69, 9.17) is 15.2 Å². The van der Waals surface area contributed by atoms with Gasteiger partial charge in [-0.05, 0) is 38.5 Å². The Morgan fingerprint density at radius 2 is 1.92 bits per heavy atom. The lowest BCUT2D eigenvalue weighted by Gasteiger charge is -2.10. The van der Waals surface area contributed by atoms with Gasteiger partial charge in [-0.15, -0.1) is 0 Å². The molecule has 0 bridgehead atoms. The molecule has 3 N–H and O–H groups in total. The molecule has 0 radical (unpaired) electrons. The van der Waals surface area contributed by atoms with Crippen LogP contribution >= 0.6 is 0 Å². The van der Waals surface area contributed by atoms with Crippen LogP contribution in [0.25, 0.3) is 0 Å². The maximum Gasteiger partial charge on any atom is 0.242 e. The molecule has 2 aromatic rings. The monoisotopic (exact) mass is 361 g/mol. The predicted octanol–water partition coefficient (Wildman–Crippen LogP) is 1.43. The van der Waals surface area contributed by atoms with E-state index in [1.165, 1.54) is 0 Å². The fraction of sp³-hybridized carbons (Fsp3) is 0.500. The van der Waals surface area contributed by atoms with Gasteiger partial charge in [-0.25, -0.2) is 9.67 Å². The van der Waals surface area contributed by atoms with Crippen molar-refractivity contribution in [2.24, 2.45) is 5.73 Å². The van der Waals surface area contributed by atoms with E-state index in [1.807, 2.05) is 39.0 Å². The Kier molecular flexibility index (Phi) is 6.57. The van der Waals surface area contributed by atoms with E-state index in [9.17, 15) is 4.79 Å². The molecule has 26 heavy (non-hydrogen) atoms. The second-order valence-corrected chi connectivity index (χ2v) is 6.42. The van der Waals surface area contributed by atoms with Crippen LogP contribution in [0.3, 0.4) is 0 Å². The number of hydrogen-bond acceptors (Lipinski definition) is 6. The molecule has 142 valence electrons. The number of benzene rings is 1. The van der Waals surface area contributed by atoms with E-state index in [0.717, 1.165) is 5.56 Å². The van der Waals surface area contributed by atoms with Gasteiger partial charge in [0.25, 0.3) is 0 Å². The summed E-state index contributed by atoms with van der Waals surface area (Å²) in [5.74, 6) is 2.37. The lowest BCUT2D eigenvalue weighted by molar-refractivity contribution is -0.122. The Bertz CT molecular complexity index is 755. The number of nitrogens with zero attached hydrogens (tertiary/aromatic N) is 3. The smallest absolute Gasteiger partial charge is 0.242 e. The highest BCUT2D eigenvalue weighted by atomic mass is 16.5. The maximum absolute atomic E-state index is 12.0. The van der Waals surface area contributed by atoms with E-state index in [-0.39, 0.29) is 24.5 Å². The molecule has 0 unspecified atom stereocenters. The molecule has 0 fully saturated rings. The average molecular weight is 361 g/mol. The molecule has 8 nitrogen and oxygen atoms in total. The quantitative estimate of drug-likeness (QED) is 0.737. The highest BCUT2D eigenvalue weighted by Crippen LogP contribution is 2.28. The zero-order chi connectivity index (χ0) is 19.3. The summed E-state index contributed by atoms with van der Waals surface area (Å²) in [6.45, 7) is 5.73. The van der Waals surface area contributed by atoms with Gasteiger partial charge in [0, 0.05) is 12.5 Å². The number of carbonyl (C=O) groups excluding carboxylic acids is 1. The van der Waals surface area contributed by atoms with Crippen LogP contribution in [0.2, 0.25) is 0 Å². The first kappa shape index (κ1) is 19.7. The van der Waals surface area contributed by atoms with Crippen LogP contribution < -0.4 is 20.5 Å². The Morgan fingerprint density at radius 1 is 1.23 bits per heavy atom. The first-order chi connectivity index (χ1) is 12.3. The normalized spacial score (nSPS) is 12.1. The molecule has 0 saturated heterocycles. The molecule has 1 aromatic heterocycles. The van der Waals surface area contributed by atoms with Gasteiger partial charge in [-0.1, -0.05) is 6.07 Å². The average Bonchev–Trinajstić information content (AvgIpc) is 2.96. The second kappa shape index (κ2) is 8.66. The van der Waals surface area contributed by atoms with E-state index >= 15 is 0 Å².